The second kappa shape index (κ2) is 6.22. The second-order valence-corrected chi connectivity index (χ2v) is 6.38. The molecule has 0 bridgehead atoms. The molecule has 0 spiro atoms. The van der Waals surface area contributed by atoms with E-state index in [9.17, 15) is 9.59 Å². The van der Waals surface area contributed by atoms with Crippen LogP contribution in [0.25, 0.3) is 0 Å². The minimum absolute atomic E-state index is 0.320. The molecule has 2 aromatic carbocycles. The third-order valence-electron chi connectivity index (χ3n) is 3.78. The van der Waals surface area contributed by atoms with E-state index >= 15 is 0 Å². The van der Waals surface area contributed by atoms with E-state index < -0.39 is 5.41 Å². The average Bonchev–Trinajstić information content (AvgIpc) is 3.29. The highest BCUT2D eigenvalue weighted by atomic mass is 35.5. The quantitative estimate of drug-likeness (QED) is 0.807. The summed E-state index contributed by atoms with van der Waals surface area (Å²) in [6, 6.07) is 13.7. The Morgan fingerprint density at radius 3 is 1.61 bits per heavy atom. The van der Waals surface area contributed by atoms with Gasteiger partial charge in [0.2, 0.25) is 11.8 Å². The molecule has 6 heteroatoms. The van der Waals surface area contributed by atoms with Crippen LogP contribution in [-0.4, -0.2) is 11.8 Å². The number of nitrogens with one attached hydrogen (secondary N) is 2. The summed E-state index contributed by atoms with van der Waals surface area (Å²) in [5.41, 5.74) is 0.124. The number of hydrogen-bond donors (Lipinski definition) is 2. The molecule has 2 amide bonds. The van der Waals surface area contributed by atoms with Gasteiger partial charge in [-0.2, -0.15) is 0 Å². The minimum Gasteiger partial charge on any atom is -0.325 e. The van der Waals surface area contributed by atoms with Crippen molar-refractivity contribution in [2.45, 2.75) is 12.8 Å². The van der Waals surface area contributed by atoms with Gasteiger partial charge in [-0.1, -0.05) is 35.3 Å². The zero-order valence-electron chi connectivity index (χ0n) is 12.1. The SMILES string of the molecule is O=C(Nc1cccc(Cl)c1)C1(C(=O)Nc2cccc(Cl)c2)CC1. The summed E-state index contributed by atoms with van der Waals surface area (Å²) in [6.07, 6.45) is 1.04. The van der Waals surface area contributed by atoms with Crippen LogP contribution >= 0.6 is 23.2 Å². The fourth-order valence-corrected chi connectivity index (χ4v) is 2.70. The minimum atomic E-state index is -1.02. The molecule has 4 nitrogen and oxygen atoms in total. The molecule has 0 aliphatic heterocycles. The van der Waals surface area contributed by atoms with Gasteiger partial charge in [0.15, 0.2) is 0 Å². The van der Waals surface area contributed by atoms with Crippen LogP contribution in [0, 0.1) is 5.41 Å². The molecular formula is C17H14Cl2N2O2. The number of anilines is 2. The smallest absolute Gasteiger partial charge is 0.240 e. The van der Waals surface area contributed by atoms with Gasteiger partial charge in [0.05, 0.1) is 0 Å². The Kier molecular flexibility index (Phi) is 4.28. The van der Waals surface area contributed by atoms with Gasteiger partial charge < -0.3 is 10.6 Å². The fraction of sp³-hybridized carbons (Fsp3) is 0.176. The van der Waals surface area contributed by atoms with Crippen LogP contribution in [0.5, 0.6) is 0 Å². The van der Waals surface area contributed by atoms with Crippen molar-refractivity contribution in [1.82, 2.24) is 0 Å². The van der Waals surface area contributed by atoms with Crippen molar-refractivity contribution >= 4 is 46.4 Å². The molecule has 1 aliphatic carbocycles. The molecule has 2 aromatic rings. The summed E-state index contributed by atoms with van der Waals surface area (Å²) in [4.78, 5) is 24.9. The molecule has 0 aromatic heterocycles. The van der Waals surface area contributed by atoms with E-state index in [4.69, 9.17) is 23.2 Å². The van der Waals surface area contributed by atoms with E-state index in [1.54, 1.807) is 48.5 Å². The van der Waals surface area contributed by atoms with Crippen LogP contribution in [-0.2, 0) is 9.59 Å². The molecule has 1 aliphatic rings. The molecule has 2 N–H and O–H groups in total. The zero-order valence-corrected chi connectivity index (χ0v) is 13.6. The highest BCUT2D eigenvalue weighted by molar-refractivity contribution is 6.31. The Balaban J connectivity index is 1.71. The van der Waals surface area contributed by atoms with E-state index in [2.05, 4.69) is 10.6 Å². The summed E-state index contributed by atoms with van der Waals surface area (Å²) in [5.74, 6) is -0.640. The summed E-state index contributed by atoms with van der Waals surface area (Å²) >= 11 is 11.8. The summed E-state index contributed by atoms with van der Waals surface area (Å²) < 4.78 is 0. The van der Waals surface area contributed by atoms with Crippen molar-refractivity contribution in [3.05, 3.63) is 58.6 Å². The van der Waals surface area contributed by atoms with E-state index in [1.165, 1.54) is 0 Å². The summed E-state index contributed by atoms with van der Waals surface area (Å²) in [6.45, 7) is 0. The lowest BCUT2D eigenvalue weighted by Crippen LogP contribution is -2.35. The van der Waals surface area contributed by atoms with Crippen molar-refractivity contribution in [2.75, 3.05) is 10.6 Å². The van der Waals surface area contributed by atoms with Crippen molar-refractivity contribution < 1.29 is 9.59 Å². The standard InChI is InChI=1S/C17H14Cl2N2O2/c18-11-3-1-5-13(9-11)20-15(22)17(7-8-17)16(23)21-14-6-2-4-12(19)10-14/h1-6,9-10H,7-8H2,(H,20,22)(H,21,23). The monoisotopic (exact) mass is 348 g/mol. The van der Waals surface area contributed by atoms with Crippen LogP contribution < -0.4 is 10.6 Å². The first kappa shape index (κ1) is 15.8. The first-order valence-corrected chi connectivity index (χ1v) is 7.89. The largest absolute Gasteiger partial charge is 0.325 e. The van der Waals surface area contributed by atoms with Gasteiger partial charge in [0.25, 0.3) is 0 Å². The number of amides is 2. The van der Waals surface area contributed by atoms with E-state index in [-0.39, 0.29) is 11.8 Å². The third-order valence-corrected chi connectivity index (χ3v) is 4.25. The number of carbonyl (C=O) groups excluding carboxylic acids is 2. The van der Waals surface area contributed by atoms with Crippen molar-refractivity contribution in [3.63, 3.8) is 0 Å². The maximum absolute atomic E-state index is 12.5. The predicted molar refractivity (Wildman–Crippen MR) is 91.8 cm³/mol. The molecule has 3 rings (SSSR count). The van der Waals surface area contributed by atoms with Gasteiger partial charge in [-0.3, -0.25) is 9.59 Å². The Morgan fingerprint density at radius 1 is 0.826 bits per heavy atom. The molecule has 1 fully saturated rings. The zero-order chi connectivity index (χ0) is 16.4. The summed E-state index contributed by atoms with van der Waals surface area (Å²) in [7, 11) is 0. The number of halogens is 2. The highest BCUT2D eigenvalue weighted by Crippen LogP contribution is 2.47. The molecule has 0 atom stereocenters. The maximum atomic E-state index is 12.5. The van der Waals surface area contributed by atoms with Crippen molar-refractivity contribution in [1.29, 1.82) is 0 Å². The molecule has 0 radical (unpaired) electrons. The lowest BCUT2D eigenvalue weighted by molar-refractivity contribution is -0.131. The van der Waals surface area contributed by atoms with Gasteiger partial charge in [0, 0.05) is 21.4 Å². The predicted octanol–water partition coefficient (Wildman–Crippen LogP) is 4.35. The van der Waals surface area contributed by atoms with E-state index in [1.807, 2.05) is 0 Å². The molecule has 1 saturated carbocycles. The Labute approximate surface area is 143 Å². The van der Waals surface area contributed by atoms with Gasteiger partial charge in [0.1, 0.15) is 5.41 Å². The summed E-state index contributed by atoms with van der Waals surface area (Å²) in [5, 5.41) is 6.55. The molecule has 0 saturated heterocycles. The number of carbonyl (C=O) groups is 2. The Morgan fingerprint density at radius 2 is 1.26 bits per heavy atom. The van der Waals surface area contributed by atoms with Crippen LogP contribution in [0.1, 0.15) is 12.8 Å². The Hall–Kier alpha value is -2.04. The molecule has 23 heavy (non-hydrogen) atoms. The van der Waals surface area contributed by atoms with E-state index in [0.29, 0.717) is 34.3 Å². The van der Waals surface area contributed by atoms with Gasteiger partial charge in [-0.05, 0) is 49.2 Å². The van der Waals surface area contributed by atoms with Gasteiger partial charge in [-0.25, -0.2) is 0 Å². The molecule has 0 unspecified atom stereocenters. The first-order chi connectivity index (χ1) is 11.0. The third kappa shape index (κ3) is 3.49. The average molecular weight is 349 g/mol. The number of hydrogen-bond acceptors (Lipinski definition) is 2. The number of benzene rings is 2. The Bertz CT molecular complexity index is 711. The second-order valence-electron chi connectivity index (χ2n) is 5.51. The van der Waals surface area contributed by atoms with Gasteiger partial charge >= 0.3 is 0 Å². The lowest BCUT2D eigenvalue weighted by Gasteiger charge is -2.15. The van der Waals surface area contributed by atoms with Crippen molar-refractivity contribution in [2.24, 2.45) is 5.41 Å². The fourth-order valence-electron chi connectivity index (χ4n) is 2.32. The van der Waals surface area contributed by atoms with Crippen LogP contribution in [0.15, 0.2) is 48.5 Å². The van der Waals surface area contributed by atoms with Crippen LogP contribution in [0.3, 0.4) is 0 Å². The maximum Gasteiger partial charge on any atom is 0.240 e. The van der Waals surface area contributed by atoms with E-state index in [0.717, 1.165) is 0 Å². The number of rotatable bonds is 4. The highest BCUT2D eigenvalue weighted by Gasteiger charge is 2.56. The topological polar surface area (TPSA) is 58.2 Å². The first-order valence-electron chi connectivity index (χ1n) is 7.14. The molecule has 0 heterocycles. The van der Waals surface area contributed by atoms with Crippen molar-refractivity contribution in [3.8, 4) is 0 Å². The molecule has 118 valence electrons. The lowest BCUT2D eigenvalue weighted by atomic mass is 10.0. The van der Waals surface area contributed by atoms with Crippen LogP contribution in [0.2, 0.25) is 10.0 Å². The molecular weight excluding hydrogens is 335 g/mol. The normalized spacial score (nSPS) is 14.9. The van der Waals surface area contributed by atoms with Gasteiger partial charge in [-0.15, -0.1) is 0 Å². The van der Waals surface area contributed by atoms with Crippen LogP contribution in [0.4, 0.5) is 11.4 Å².